The van der Waals surface area contributed by atoms with Crippen molar-refractivity contribution in [2.75, 3.05) is 46.9 Å². The minimum atomic E-state index is 0.0899. The van der Waals surface area contributed by atoms with Crippen LogP contribution in [-0.4, -0.2) is 63.8 Å². The van der Waals surface area contributed by atoms with Crippen LogP contribution >= 0.6 is 0 Å². The van der Waals surface area contributed by atoms with Gasteiger partial charge in [0.1, 0.15) is 0 Å². The normalized spacial score (nSPS) is 15.4. The fourth-order valence-electron chi connectivity index (χ4n) is 1.33. The molecule has 16 heavy (non-hydrogen) atoms. The number of nitrogens with zero attached hydrogens (tertiary/aromatic N) is 1. The summed E-state index contributed by atoms with van der Waals surface area (Å²) in [6.07, 6.45) is 2.43. The number of amides is 1. The van der Waals surface area contributed by atoms with Crippen molar-refractivity contribution in [1.82, 2.24) is 15.5 Å². The highest BCUT2D eigenvalue weighted by molar-refractivity contribution is 5.78. The van der Waals surface area contributed by atoms with Crippen LogP contribution in [0.2, 0.25) is 0 Å². The van der Waals surface area contributed by atoms with Crippen LogP contribution in [0, 0.1) is 0 Å². The van der Waals surface area contributed by atoms with Gasteiger partial charge in [-0.05, 0) is 19.9 Å². The lowest BCUT2D eigenvalue weighted by atomic mass is 10.4. The highest BCUT2D eigenvalue weighted by Crippen LogP contribution is 2.17. The lowest BCUT2D eigenvalue weighted by molar-refractivity contribution is -0.120. The van der Waals surface area contributed by atoms with E-state index in [2.05, 4.69) is 15.5 Å². The Labute approximate surface area is 97.5 Å². The Bertz CT molecular complexity index is 207. The van der Waals surface area contributed by atoms with Gasteiger partial charge in [0.25, 0.3) is 0 Å². The van der Waals surface area contributed by atoms with Crippen LogP contribution in [0.4, 0.5) is 0 Å². The maximum atomic E-state index is 11.4. The molecular formula is C11H23N3O2. The zero-order valence-electron chi connectivity index (χ0n) is 10.3. The monoisotopic (exact) mass is 229 g/mol. The first kappa shape index (κ1) is 13.4. The molecule has 0 bridgehead atoms. The van der Waals surface area contributed by atoms with Crippen molar-refractivity contribution >= 4 is 5.91 Å². The van der Waals surface area contributed by atoms with Gasteiger partial charge in [0.2, 0.25) is 5.91 Å². The second-order valence-electron chi connectivity index (χ2n) is 4.30. The van der Waals surface area contributed by atoms with E-state index >= 15 is 0 Å². The molecule has 0 aromatic heterocycles. The minimum Gasteiger partial charge on any atom is -0.383 e. The Morgan fingerprint density at radius 2 is 2.19 bits per heavy atom. The number of carbonyl (C=O) groups is 1. The molecule has 0 spiro atoms. The lowest BCUT2D eigenvalue weighted by Gasteiger charge is -2.16. The third-order valence-electron chi connectivity index (χ3n) is 2.62. The number of rotatable bonds is 9. The minimum absolute atomic E-state index is 0.0899. The van der Waals surface area contributed by atoms with Crippen molar-refractivity contribution in [2.45, 2.75) is 18.9 Å². The Hall–Kier alpha value is -0.650. The predicted molar refractivity (Wildman–Crippen MR) is 63.4 cm³/mol. The van der Waals surface area contributed by atoms with Crippen molar-refractivity contribution in [3.63, 3.8) is 0 Å². The summed E-state index contributed by atoms with van der Waals surface area (Å²) < 4.78 is 4.97. The number of likely N-dealkylation sites (N-methyl/N-ethyl adjacent to an activating group) is 1. The van der Waals surface area contributed by atoms with Crippen molar-refractivity contribution in [3.05, 3.63) is 0 Å². The van der Waals surface area contributed by atoms with E-state index in [-0.39, 0.29) is 5.91 Å². The van der Waals surface area contributed by atoms with E-state index in [0.717, 1.165) is 19.7 Å². The van der Waals surface area contributed by atoms with Crippen molar-refractivity contribution < 1.29 is 9.53 Å². The molecule has 0 heterocycles. The van der Waals surface area contributed by atoms with E-state index < -0.39 is 0 Å². The molecule has 0 radical (unpaired) electrons. The molecule has 1 fully saturated rings. The number of hydrogen-bond donors (Lipinski definition) is 2. The lowest BCUT2D eigenvalue weighted by Crippen LogP contribution is -2.39. The van der Waals surface area contributed by atoms with E-state index in [9.17, 15) is 4.79 Å². The molecule has 0 atom stereocenters. The van der Waals surface area contributed by atoms with E-state index in [1.165, 1.54) is 12.8 Å². The predicted octanol–water partition coefficient (Wildman–Crippen LogP) is -0.567. The summed E-state index contributed by atoms with van der Waals surface area (Å²) >= 11 is 0. The van der Waals surface area contributed by atoms with Crippen LogP contribution in [-0.2, 0) is 9.53 Å². The third-order valence-corrected chi connectivity index (χ3v) is 2.62. The third kappa shape index (κ3) is 6.76. The molecule has 1 saturated carbocycles. The van der Waals surface area contributed by atoms with Gasteiger partial charge in [-0.1, -0.05) is 0 Å². The molecule has 0 unspecified atom stereocenters. The van der Waals surface area contributed by atoms with Gasteiger partial charge in [-0.15, -0.1) is 0 Å². The SMILES string of the molecule is COCCN(C)CCNC(=O)CNC1CC1. The Morgan fingerprint density at radius 1 is 1.44 bits per heavy atom. The van der Waals surface area contributed by atoms with Crippen molar-refractivity contribution in [1.29, 1.82) is 0 Å². The maximum absolute atomic E-state index is 11.4. The van der Waals surface area contributed by atoms with Crippen molar-refractivity contribution in [2.24, 2.45) is 0 Å². The molecular weight excluding hydrogens is 206 g/mol. The van der Waals surface area contributed by atoms with E-state index in [0.29, 0.717) is 19.1 Å². The second kappa shape index (κ2) is 7.60. The second-order valence-corrected chi connectivity index (χ2v) is 4.30. The first-order valence-electron chi connectivity index (χ1n) is 5.90. The van der Waals surface area contributed by atoms with Gasteiger partial charge >= 0.3 is 0 Å². The molecule has 2 N–H and O–H groups in total. The van der Waals surface area contributed by atoms with Crippen LogP contribution in [0.25, 0.3) is 0 Å². The van der Waals surface area contributed by atoms with Gasteiger partial charge in [0.15, 0.2) is 0 Å². The molecule has 1 rings (SSSR count). The molecule has 0 aromatic carbocycles. The van der Waals surface area contributed by atoms with Crippen LogP contribution in [0.1, 0.15) is 12.8 Å². The van der Waals surface area contributed by atoms with E-state index in [1.54, 1.807) is 7.11 Å². The first-order chi connectivity index (χ1) is 7.72. The van der Waals surface area contributed by atoms with Crippen LogP contribution in [0.5, 0.6) is 0 Å². The molecule has 0 saturated heterocycles. The van der Waals surface area contributed by atoms with Crippen LogP contribution in [0.3, 0.4) is 0 Å². The van der Waals surface area contributed by atoms with Crippen LogP contribution in [0.15, 0.2) is 0 Å². The highest BCUT2D eigenvalue weighted by atomic mass is 16.5. The Morgan fingerprint density at radius 3 is 2.81 bits per heavy atom. The number of methoxy groups -OCH3 is 1. The van der Waals surface area contributed by atoms with Gasteiger partial charge in [-0.2, -0.15) is 0 Å². The van der Waals surface area contributed by atoms with Gasteiger partial charge in [-0.25, -0.2) is 0 Å². The van der Waals surface area contributed by atoms with Crippen LogP contribution < -0.4 is 10.6 Å². The summed E-state index contributed by atoms with van der Waals surface area (Å²) in [7, 11) is 3.72. The molecule has 1 aliphatic carbocycles. The summed E-state index contributed by atoms with van der Waals surface area (Å²) in [6.45, 7) is 3.64. The molecule has 94 valence electrons. The summed E-state index contributed by atoms with van der Waals surface area (Å²) in [5.74, 6) is 0.0899. The summed E-state index contributed by atoms with van der Waals surface area (Å²) in [5, 5.41) is 6.07. The highest BCUT2D eigenvalue weighted by Gasteiger charge is 2.20. The molecule has 1 amide bonds. The van der Waals surface area contributed by atoms with Gasteiger partial charge in [0, 0.05) is 32.8 Å². The summed E-state index contributed by atoms with van der Waals surface area (Å²) in [4.78, 5) is 13.5. The van der Waals surface area contributed by atoms with Gasteiger partial charge in [-0.3, -0.25) is 4.79 Å². The fourth-order valence-corrected chi connectivity index (χ4v) is 1.33. The van der Waals surface area contributed by atoms with Gasteiger partial charge in [0.05, 0.1) is 13.2 Å². The molecule has 5 nitrogen and oxygen atoms in total. The van der Waals surface area contributed by atoms with Crippen molar-refractivity contribution in [3.8, 4) is 0 Å². The fraction of sp³-hybridized carbons (Fsp3) is 0.909. The average molecular weight is 229 g/mol. The molecule has 0 aliphatic heterocycles. The number of ether oxygens (including phenoxy) is 1. The summed E-state index contributed by atoms with van der Waals surface area (Å²) in [5.41, 5.74) is 0. The maximum Gasteiger partial charge on any atom is 0.234 e. The molecule has 5 heteroatoms. The zero-order valence-corrected chi connectivity index (χ0v) is 10.3. The summed E-state index contributed by atoms with van der Waals surface area (Å²) in [6, 6.07) is 0.593. The van der Waals surface area contributed by atoms with E-state index in [4.69, 9.17) is 4.74 Å². The number of hydrogen-bond acceptors (Lipinski definition) is 4. The largest absolute Gasteiger partial charge is 0.383 e. The Balaban J connectivity index is 1.90. The topological polar surface area (TPSA) is 53.6 Å². The quantitative estimate of drug-likeness (QED) is 0.556. The van der Waals surface area contributed by atoms with E-state index in [1.807, 2.05) is 7.05 Å². The zero-order chi connectivity index (χ0) is 11.8. The molecule has 1 aliphatic rings. The Kier molecular flexibility index (Phi) is 6.37. The first-order valence-corrected chi connectivity index (χ1v) is 5.90. The smallest absolute Gasteiger partial charge is 0.234 e. The standard InChI is InChI=1S/C11H23N3O2/c1-14(7-8-16-2)6-5-12-11(15)9-13-10-3-4-10/h10,13H,3-9H2,1-2H3,(H,12,15). The molecule has 0 aromatic rings. The van der Waals surface area contributed by atoms with Gasteiger partial charge < -0.3 is 20.3 Å². The number of carbonyl (C=O) groups excluding carboxylic acids is 1. The number of nitrogens with one attached hydrogen (secondary N) is 2. The average Bonchev–Trinajstić information content (AvgIpc) is 3.07.